The van der Waals surface area contributed by atoms with Crippen LogP contribution in [0.2, 0.25) is 0 Å². The number of hydrogen-bond donors (Lipinski definition) is 0. The summed E-state index contributed by atoms with van der Waals surface area (Å²) in [6.45, 7) is 7.91. The minimum atomic E-state index is 0.0566. The van der Waals surface area contributed by atoms with Gasteiger partial charge in [-0.25, -0.2) is 0 Å². The van der Waals surface area contributed by atoms with E-state index in [1.165, 1.54) is 16.8 Å². The van der Waals surface area contributed by atoms with Crippen LogP contribution in [0.5, 0.6) is 5.75 Å². The van der Waals surface area contributed by atoms with Crippen LogP contribution in [0.4, 0.5) is 5.69 Å². The molecule has 0 unspecified atom stereocenters. The Morgan fingerprint density at radius 3 is 2.47 bits per heavy atom. The van der Waals surface area contributed by atoms with Gasteiger partial charge in [-0.15, -0.1) is 0 Å². The Bertz CT molecular complexity index is 1070. The van der Waals surface area contributed by atoms with Crippen molar-refractivity contribution in [1.82, 2.24) is 9.88 Å². The molecule has 1 aliphatic rings. The molecule has 1 aliphatic heterocycles. The highest BCUT2D eigenvalue weighted by Gasteiger charge is 2.21. The number of amides is 1. The maximum absolute atomic E-state index is 12.7. The molecule has 0 radical (unpaired) electrons. The van der Waals surface area contributed by atoms with Crippen LogP contribution in [0.1, 0.15) is 22.4 Å². The lowest BCUT2D eigenvalue weighted by atomic mass is 10.1. The molecule has 2 aromatic carbocycles. The standard InChI is InChI=1S/C27H29N3O2/c1-21-6-5-8-26(22(21)2)29-16-18-30(19-17-29)27(31)14-11-23-9-12-25(13-10-23)32-20-24-7-3-4-15-28-24/h3-15H,16-20H2,1-2H3. The molecule has 5 nitrogen and oxygen atoms in total. The van der Waals surface area contributed by atoms with E-state index in [1.807, 2.05) is 53.4 Å². The number of carbonyl (C=O) groups excluding carboxylic acids is 1. The second kappa shape index (κ2) is 10.1. The predicted octanol–water partition coefficient (Wildman–Crippen LogP) is 4.64. The summed E-state index contributed by atoms with van der Waals surface area (Å²) in [6, 6.07) is 19.9. The molecular formula is C27H29N3O2. The van der Waals surface area contributed by atoms with Gasteiger partial charge < -0.3 is 14.5 Å². The lowest BCUT2D eigenvalue weighted by molar-refractivity contribution is -0.126. The highest BCUT2D eigenvalue weighted by molar-refractivity contribution is 5.92. The molecule has 1 aromatic heterocycles. The van der Waals surface area contributed by atoms with E-state index in [-0.39, 0.29) is 5.91 Å². The van der Waals surface area contributed by atoms with Crippen LogP contribution >= 0.6 is 0 Å². The summed E-state index contributed by atoms with van der Waals surface area (Å²) in [5, 5.41) is 0. The number of hydrogen-bond acceptors (Lipinski definition) is 4. The fourth-order valence-electron chi connectivity index (χ4n) is 3.83. The molecular weight excluding hydrogens is 398 g/mol. The lowest BCUT2D eigenvalue weighted by Crippen LogP contribution is -2.48. The first-order valence-corrected chi connectivity index (χ1v) is 11.0. The maximum atomic E-state index is 12.7. The van der Waals surface area contributed by atoms with E-state index in [2.05, 4.69) is 41.9 Å². The molecule has 0 bridgehead atoms. The van der Waals surface area contributed by atoms with Gasteiger partial charge in [0.25, 0.3) is 0 Å². The van der Waals surface area contributed by atoms with Crippen molar-refractivity contribution in [3.8, 4) is 5.75 Å². The van der Waals surface area contributed by atoms with Crippen LogP contribution < -0.4 is 9.64 Å². The van der Waals surface area contributed by atoms with E-state index in [1.54, 1.807) is 12.3 Å². The highest BCUT2D eigenvalue weighted by atomic mass is 16.5. The Morgan fingerprint density at radius 1 is 0.969 bits per heavy atom. The molecule has 32 heavy (non-hydrogen) atoms. The lowest BCUT2D eigenvalue weighted by Gasteiger charge is -2.36. The number of nitrogens with zero attached hydrogens (tertiary/aromatic N) is 3. The van der Waals surface area contributed by atoms with Gasteiger partial charge in [0, 0.05) is 44.1 Å². The predicted molar refractivity (Wildman–Crippen MR) is 129 cm³/mol. The number of aryl methyl sites for hydroxylation is 1. The number of piperazine rings is 1. The average molecular weight is 428 g/mol. The Morgan fingerprint density at radius 2 is 1.75 bits per heavy atom. The van der Waals surface area contributed by atoms with Crippen LogP contribution in [0.15, 0.2) is 72.9 Å². The summed E-state index contributed by atoms with van der Waals surface area (Å²) in [5.41, 5.74) is 5.76. The van der Waals surface area contributed by atoms with E-state index < -0.39 is 0 Å². The van der Waals surface area contributed by atoms with Crippen molar-refractivity contribution in [3.05, 3.63) is 95.3 Å². The smallest absolute Gasteiger partial charge is 0.246 e. The van der Waals surface area contributed by atoms with Gasteiger partial charge in [0.15, 0.2) is 0 Å². The first-order valence-electron chi connectivity index (χ1n) is 11.0. The van der Waals surface area contributed by atoms with E-state index >= 15 is 0 Å². The second-order valence-corrected chi connectivity index (χ2v) is 8.04. The first-order chi connectivity index (χ1) is 15.6. The zero-order valence-electron chi connectivity index (χ0n) is 18.7. The average Bonchev–Trinajstić information content (AvgIpc) is 2.84. The summed E-state index contributed by atoms with van der Waals surface area (Å²) < 4.78 is 5.76. The number of rotatable bonds is 6. The SMILES string of the molecule is Cc1cccc(N2CCN(C(=O)C=Cc3ccc(OCc4ccccn4)cc3)CC2)c1C. The van der Waals surface area contributed by atoms with Crippen molar-refractivity contribution in [2.24, 2.45) is 0 Å². The van der Waals surface area contributed by atoms with Gasteiger partial charge in [-0.1, -0.05) is 30.3 Å². The van der Waals surface area contributed by atoms with Gasteiger partial charge in [0.1, 0.15) is 12.4 Å². The third-order valence-electron chi connectivity index (χ3n) is 5.92. The highest BCUT2D eigenvalue weighted by Crippen LogP contribution is 2.24. The Kier molecular flexibility index (Phi) is 6.85. The maximum Gasteiger partial charge on any atom is 0.246 e. The van der Waals surface area contributed by atoms with Crippen molar-refractivity contribution < 1.29 is 9.53 Å². The second-order valence-electron chi connectivity index (χ2n) is 8.04. The minimum absolute atomic E-state index is 0.0566. The summed E-state index contributed by atoms with van der Waals surface area (Å²) in [5.74, 6) is 0.836. The largest absolute Gasteiger partial charge is 0.487 e. The number of anilines is 1. The molecule has 1 amide bonds. The molecule has 0 saturated carbocycles. The zero-order chi connectivity index (χ0) is 22.3. The van der Waals surface area contributed by atoms with Crippen LogP contribution in [-0.2, 0) is 11.4 Å². The van der Waals surface area contributed by atoms with Gasteiger partial charge in [-0.05, 0) is 66.9 Å². The number of pyridine rings is 1. The van der Waals surface area contributed by atoms with Gasteiger partial charge >= 0.3 is 0 Å². The number of aromatic nitrogens is 1. The van der Waals surface area contributed by atoms with Gasteiger partial charge in [0.05, 0.1) is 5.69 Å². The van der Waals surface area contributed by atoms with E-state index in [9.17, 15) is 4.79 Å². The van der Waals surface area contributed by atoms with E-state index in [4.69, 9.17) is 4.74 Å². The molecule has 1 saturated heterocycles. The molecule has 0 atom stereocenters. The van der Waals surface area contributed by atoms with Crippen LogP contribution in [0, 0.1) is 13.8 Å². The molecule has 2 heterocycles. The normalized spacial score (nSPS) is 14.1. The number of benzene rings is 2. The van der Waals surface area contributed by atoms with Crippen molar-refractivity contribution >= 4 is 17.7 Å². The Hall–Kier alpha value is -3.60. The van der Waals surface area contributed by atoms with Gasteiger partial charge in [-0.3, -0.25) is 9.78 Å². The summed E-state index contributed by atoms with van der Waals surface area (Å²) in [6.07, 6.45) is 5.28. The van der Waals surface area contributed by atoms with Crippen molar-refractivity contribution in [2.75, 3.05) is 31.1 Å². The molecule has 0 aliphatic carbocycles. The van der Waals surface area contributed by atoms with E-state index in [0.717, 1.165) is 43.2 Å². The molecule has 0 N–H and O–H groups in total. The quantitative estimate of drug-likeness (QED) is 0.538. The third kappa shape index (κ3) is 5.35. The molecule has 1 fully saturated rings. The molecule has 0 spiro atoms. The monoisotopic (exact) mass is 427 g/mol. The Balaban J connectivity index is 1.27. The minimum Gasteiger partial charge on any atom is -0.487 e. The fourth-order valence-corrected chi connectivity index (χ4v) is 3.83. The van der Waals surface area contributed by atoms with Crippen LogP contribution in [-0.4, -0.2) is 42.0 Å². The Labute approximate surface area is 190 Å². The first kappa shape index (κ1) is 21.6. The van der Waals surface area contributed by atoms with Crippen molar-refractivity contribution in [3.63, 3.8) is 0 Å². The summed E-state index contributed by atoms with van der Waals surface area (Å²) in [7, 11) is 0. The van der Waals surface area contributed by atoms with Crippen molar-refractivity contribution in [2.45, 2.75) is 20.5 Å². The number of ether oxygens (including phenoxy) is 1. The summed E-state index contributed by atoms with van der Waals surface area (Å²) >= 11 is 0. The summed E-state index contributed by atoms with van der Waals surface area (Å²) in [4.78, 5) is 21.2. The van der Waals surface area contributed by atoms with Gasteiger partial charge in [-0.2, -0.15) is 0 Å². The van der Waals surface area contributed by atoms with Crippen LogP contribution in [0.3, 0.4) is 0 Å². The van der Waals surface area contributed by atoms with Crippen molar-refractivity contribution in [1.29, 1.82) is 0 Å². The fraction of sp³-hybridized carbons (Fsp3) is 0.259. The zero-order valence-corrected chi connectivity index (χ0v) is 18.7. The third-order valence-corrected chi connectivity index (χ3v) is 5.92. The number of carbonyl (C=O) groups is 1. The molecule has 4 rings (SSSR count). The van der Waals surface area contributed by atoms with Gasteiger partial charge in [0.2, 0.25) is 5.91 Å². The van der Waals surface area contributed by atoms with Crippen LogP contribution in [0.25, 0.3) is 6.08 Å². The molecule has 3 aromatic rings. The molecule has 5 heteroatoms. The topological polar surface area (TPSA) is 45.7 Å². The van der Waals surface area contributed by atoms with E-state index in [0.29, 0.717) is 6.61 Å². The molecule has 164 valence electrons.